The van der Waals surface area contributed by atoms with Crippen molar-refractivity contribution < 1.29 is 13.5 Å². The summed E-state index contributed by atoms with van der Waals surface area (Å²) in [5, 5.41) is 3.10. The molecule has 0 aliphatic heterocycles. The van der Waals surface area contributed by atoms with Gasteiger partial charge in [0.1, 0.15) is 5.75 Å². The van der Waals surface area contributed by atoms with Crippen molar-refractivity contribution in [2.45, 2.75) is 20.1 Å². The second kappa shape index (κ2) is 6.18. The van der Waals surface area contributed by atoms with Crippen LogP contribution in [0.1, 0.15) is 11.1 Å². The second-order valence-corrected chi connectivity index (χ2v) is 4.21. The van der Waals surface area contributed by atoms with Crippen LogP contribution in [0.4, 0.5) is 14.5 Å². The van der Waals surface area contributed by atoms with Gasteiger partial charge in [0.25, 0.3) is 0 Å². The Kier molecular flexibility index (Phi) is 4.34. The number of aryl methyl sites for hydroxylation is 1. The van der Waals surface area contributed by atoms with E-state index in [2.05, 4.69) is 10.1 Å². The number of hydrogen-bond donors (Lipinski definition) is 1. The van der Waals surface area contributed by atoms with Gasteiger partial charge in [0.05, 0.1) is 5.69 Å². The molecule has 0 radical (unpaired) electrons. The summed E-state index contributed by atoms with van der Waals surface area (Å²) in [5.41, 5.74) is 2.83. The lowest BCUT2D eigenvalue weighted by molar-refractivity contribution is -0.0493. The molecule has 2 aromatic carbocycles. The van der Waals surface area contributed by atoms with Crippen LogP contribution in [0.2, 0.25) is 0 Å². The van der Waals surface area contributed by atoms with Gasteiger partial charge in [-0.25, -0.2) is 0 Å². The van der Waals surface area contributed by atoms with Crippen LogP contribution in [-0.2, 0) is 6.54 Å². The lowest BCUT2D eigenvalue weighted by atomic mass is 10.1. The molecule has 0 fully saturated rings. The predicted molar refractivity (Wildman–Crippen MR) is 71.6 cm³/mol. The van der Waals surface area contributed by atoms with E-state index in [-0.39, 0.29) is 5.75 Å². The molecule has 2 nitrogen and oxygen atoms in total. The third-order valence-electron chi connectivity index (χ3n) is 2.71. The molecule has 0 aliphatic rings. The van der Waals surface area contributed by atoms with Gasteiger partial charge in [0.15, 0.2) is 0 Å². The van der Waals surface area contributed by atoms with Gasteiger partial charge in [-0.05, 0) is 24.6 Å². The Morgan fingerprint density at radius 1 is 1.05 bits per heavy atom. The summed E-state index contributed by atoms with van der Waals surface area (Å²) in [7, 11) is 0. The Morgan fingerprint density at radius 3 is 2.42 bits per heavy atom. The molecule has 2 aromatic rings. The second-order valence-electron chi connectivity index (χ2n) is 4.21. The molecule has 4 heteroatoms. The molecule has 0 aliphatic carbocycles. The first kappa shape index (κ1) is 13.3. The maximum absolute atomic E-state index is 12.3. The number of ether oxygens (including phenoxy) is 1. The molecule has 0 unspecified atom stereocenters. The van der Waals surface area contributed by atoms with Crippen molar-refractivity contribution in [1.82, 2.24) is 0 Å². The van der Waals surface area contributed by atoms with Gasteiger partial charge >= 0.3 is 6.61 Å². The third kappa shape index (κ3) is 3.95. The minimum absolute atomic E-state index is 0.157. The summed E-state index contributed by atoms with van der Waals surface area (Å²) in [4.78, 5) is 0. The van der Waals surface area contributed by atoms with Crippen LogP contribution in [0, 0.1) is 6.92 Å². The first-order valence-corrected chi connectivity index (χ1v) is 5.98. The smallest absolute Gasteiger partial charge is 0.387 e. The Labute approximate surface area is 111 Å². The molecule has 19 heavy (non-hydrogen) atoms. The van der Waals surface area contributed by atoms with E-state index in [1.54, 1.807) is 18.2 Å². The number of nitrogens with one attached hydrogen (secondary N) is 1. The highest BCUT2D eigenvalue weighted by atomic mass is 19.3. The molecular formula is C15H15F2NO. The summed E-state index contributed by atoms with van der Waals surface area (Å²) in [6, 6.07) is 14.7. The quantitative estimate of drug-likeness (QED) is 0.872. The Hall–Kier alpha value is -2.10. The van der Waals surface area contributed by atoms with E-state index in [0.29, 0.717) is 12.2 Å². The first-order chi connectivity index (χ1) is 9.15. The number of alkyl halides is 2. The maximum Gasteiger partial charge on any atom is 0.387 e. The SMILES string of the molecule is Cc1ccc(CNc2ccccc2OC(F)F)cc1. The molecular weight excluding hydrogens is 248 g/mol. The highest BCUT2D eigenvalue weighted by Crippen LogP contribution is 2.25. The van der Waals surface area contributed by atoms with Crippen LogP contribution in [0.3, 0.4) is 0 Å². The van der Waals surface area contributed by atoms with Crippen LogP contribution in [0.5, 0.6) is 5.75 Å². The topological polar surface area (TPSA) is 21.3 Å². The van der Waals surface area contributed by atoms with Crippen molar-refractivity contribution in [3.63, 3.8) is 0 Å². The zero-order valence-electron chi connectivity index (χ0n) is 10.6. The van der Waals surface area contributed by atoms with E-state index >= 15 is 0 Å². The van der Waals surface area contributed by atoms with Gasteiger partial charge in [-0.2, -0.15) is 8.78 Å². The third-order valence-corrected chi connectivity index (χ3v) is 2.71. The number of halogens is 2. The standard InChI is InChI=1S/C15H15F2NO/c1-11-6-8-12(9-7-11)10-18-13-4-2-3-5-14(13)19-15(16)17/h2-9,15,18H,10H2,1H3. The molecule has 0 saturated carbocycles. The minimum Gasteiger partial charge on any atom is -0.433 e. The Morgan fingerprint density at radius 2 is 1.74 bits per heavy atom. The summed E-state index contributed by atoms with van der Waals surface area (Å²) >= 11 is 0. The molecule has 0 spiro atoms. The fourth-order valence-corrected chi connectivity index (χ4v) is 1.71. The van der Waals surface area contributed by atoms with Crippen LogP contribution in [0.15, 0.2) is 48.5 Å². The summed E-state index contributed by atoms with van der Waals surface area (Å²) in [6.45, 7) is -0.241. The largest absolute Gasteiger partial charge is 0.433 e. The van der Waals surface area contributed by atoms with Crippen molar-refractivity contribution in [2.24, 2.45) is 0 Å². The zero-order chi connectivity index (χ0) is 13.7. The predicted octanol–water partition coefficient (Wildman–Crippen LogP) is 4.21. The van der Waals surface area contributed by atoms with E-state index in [9.17, 15) is 8.78 Å². The normalized spacial score (nSPS) is 10.5. The molecule has 0 heterocycles. The van der Waals surface area contributed by atoms with E-state index in [1.165, 1.54) is 11.6 Å². The Balaban J connectivity index is 2.04. The van der Waals surface area contributed by atoms with E-state index in [1.807, 2.05) is 31.2 Å². The van der Waals surface area contributed by atoms with Gasteiger partial charge < -0.3 is 10.1 Å². The molecule has 2 rings (SSSR count). The molecule has 0 aromatic heterocycles. The van der Waals surface area contributed by atoms with Gasteiger partial charge in [0.2, 0.25) is 0 Å². The average molecular weight is 263 g/mol. The van der Waals surface area contributed by atoms with Gasteiger partial charge in [0, 0.05) is 6.54 Å². The van der Waals surface area contributed by atoms with Crippen LogP contribution < -0.4 is 10.1 Å². The lowest BCUT2D eigenvalue weighted by Crippen LogP contribution is -2.06. The highest BCUT2D eigenvalue weighted by Gasteiger charge is 2.08. The summed E-state index contributed by atoms with van der Waals surface area (Å²) < 4.78 is 29.0. The fraction of sp³-hybridized carbons (Fsp3) is 0.200. The number of benzene rings is 2. The van der Waals surface area contributed by atoms with E-state index in [0.717, 1.165) is 5.56 Å². The fourth-order valence-electron chi connectivity index (χ4n) is 1.71. The van der Waals surface area contributed by atoms with Crippen LogP contribution in [-0.4, -0.2) is 6.61 Å². The molecule has 0 atom stereocenters. The van der Waals surface area contributed by atoms with Crippen LogP contribution in [0.25, 0.3) is 0 Å². The number of rotatable bonds is 5. The van der Waals surface area contributed by atoms with Crippen molar-refractivity contribution in [3.05, 3.63) is 59.7 Å². The summed E-state index contributed by atoms with van der Waals surface area (Å²) in [6.07, 6.45) is 0. The molecule has 1 N–H and O–H groups in total. The van der Waals surface area contributed by atoms with Crippen molar-refractivity contribution in [2.75, 3.05) is 5.32 Å². The molecule has 100 valence electrons. The monoisotopic (exact) mass is 263 g/mol. The average Bonchev–Trinajstić information content (AvgIpc) is 2.39. The van der Waals surface area contributed by atoms with E-state index in [4.69, 9.17) is 0 Å². The lowest BCUT2D eigenvalue weighted by Gasteiger charge is -2.12. The van der Waals surface area contributed by atoms with E-state index < -0.39 is 6.61 Å². The van der Waals surface area contributed by atoms with Crippen molar-refractivity contribution in [3.8, 4) is 5.75 Å². The van der Waals surface area contributed by atoms with Gasteiger partial charge in [-0.15, -0.1) is 0 Å². The zero-order valence-corrected chi connectivity index (χ0v) is 10.6. The number of hydrogen-bond acceptors (Lipinski definition) is 2. The highest BCUT2D eigenvalue weighted by molar-refractivity contribution is 5.56. The van der Waals surface area contributed by atoms with Gasteiger partial charge in [-0.3, -0.25) is 0 Å². The van der Waals surface area contributed by atoms with Gasteiger partial charge in [-0.1, -0.05) is 42.0 Å². The summed E-state index contributed by atoms with van der Waals surface area (Å²) in [5.74, 6) is 0.157. The molecule has 0 bridgehead atoms. The van der Waals surface area contributed by atoms with Crippen molar-refractivity contribution in [1.29, 1.82) is 0 Å². The Bertz CT molecular complexity index is 526. The molecule has 0 amide bonds. The first-order valence-electron chi connectivity index (χ1n) is 5.98. The minimum atomic E-state index is -2.82. The maximum atomic E-state index is 12.3. The van der Waals surface area contributed by atoms with Crippen molar-refractivity contribution >= 4 is 5.69 Å². The number of para-hydroxylation sites is 2. The van der Waals surface area contributed by atoms with Crippen LogP contribution >= 0.6 is 0 Å². The number of anilines is 1. The molecule has 0 saturated heterocycles.